The Kier molecular flexibility index (Phi) is 5.05. The predicted molar refractivity (Wildman–Crippen MR) is 128 cm³/mol. The minimum atomic E-state index is -0.242. The standard InChI is InChI=1S/C24H26N6O2/c1-15-7-6-8-17(11-15)30-23(31)18(16(2)28-30)14-25-21-12-19-20(27-24(32)26-19)13-22(21)29-9-4-3-5-10-29/h6-8,11-14,28H,3-5,9-10H2,1-2H3,(H2,26,27,32). The van der Waals surface area contributed by atoms with Crippen LogP contribution in [0.1, 0.15) is 36.1 Å². The predicted octanol–water partition coefficient (Wildman–Crippen LogP) is 3.69. The van der Waals surface area contributed by atoms with Gasteiger partial charge in [-0.3, -0.25) is 14.9 Å². The Bertz CT molecular complexity index is 1430. The van der Waals surface area contributed by atoms with Crippen molar-refractivity contribution in [2.45, 2.75) is 33.1 Å². The van der Waals surface area contributed by atoms with Crippen molar-refractivity contribution in [2.24, 2.45) is 4.99 Å². The van der Waals surface area contributed by atoms with Gasteiger partial charge in [-0.2, -0.15) is 0 Å². The molecular weight excluding hydrogens is 404 g/mol. The molecule has 1 aliphatic heterocycles. The number of nitrogens with zero attached hydrogens (tertiary/aromatic N) is 3. The molecule has 0 bridgehead atoms. The van der Waals surface area contributed by atoms with E-state index < -0.39 is 0 Å². The van der Waals surface area contributed by atoms with Crippen LogP contribution in [0.2, 0.25) is 0 Å². The summed E-state index contributed by atoms with van der Waals surface area (Å²) in [6, 6.07) is 11.6. The fourth-order valence-electron chi connectivity index (χ4n) is 4.35. The number of aliphatic imine (C=N–C) groups is 1. The van der Waals surface area contributed by atoms with Gasteiger partial charge < -0.3 is 14.9 Å². The summed E-state index contributed by atoms with van der Waals surface area (Å²) in [4.78, 5) is 37.6. The SMILES string of the molecule is Cc1cccc(-n2[nH]c(C)c(C=Nc3cc4[nH]c(=O)[nH]c4cc3N3CCCCC3)c2=O)c1. The lowest BCUT2D eigenvalue weighted by Gasteiger charge is -2.29. The first kappa shape index (κ1) is 20.1. The summed E-state index contributed by atoms with van der Waals surface area (Å²) in [5, 5.41) is 3.15. The number of aromatic nitrogens is 4. The first-order chi connectivity index (χ1) is 15.5. The maximum absolute atomic E-state index is 13.1. The number of fused-ring (bicyclic) bond motifs is 1. The second-order valence-electron chi connectivity index (χ2n) is 8.40. The first-order valence-electron chi connectivity index (χ1n) is 10.9. The van der Waals surface area contributed by atoms with Crippen LogP contribution in [0.25, 0.3) is 16.7 Å². The van der Waals surface area contributed by atoms with Crippen LogP contribution in [-0.2, 0) is 0 Å². The maximum atomic E-state index is 13.1. The van der Waals surface area contributed by atoms with Crippen LogP contribution in [0.3, 0.4) is 0 Å². The Morgan fingerprint density at radius 1 is 0.969 bits per heavy atom. The molecule has 1 fully saturated rings. The van der Waals surface area contributed by atoms with Crippen molar-refractivity contribution in [3.8, 4) is 5.69 Å². The number of aryl methyl sites for hydroxylation is 2. The smallest absolute Gasteiger partial charge is 0.323 e. The number of aromatic amines is 3. The maximum Gasteiger partial charge on any atom is 0.323 e. The van der Waals surface area contributed by atoms with Crippen molar-refractivity contribution in [1.29, 1.82) is 0 Å². The lowest BCUT2D eigenvalue weighted by molar-refractivity contribution is 0.578. The summed E-state index contributed by atoms with van der Waals surface area (Å²) >= 11 is 0. The average molecular weight is 431 g/mol. The summed E-state index contributed by atoms with van der Waals surface area (Å²) in [7, 11) is 0. The zero-order valence-corrected chi connectivity index (χ0v) is 18.2. The van der Waals surface area contributed by atoms with Crippen molar-refractivity contribution >= 4 is 28.6 Å². The molecule has 2 aromatic carbocycles. The molecule has 0 amide bonds. The molecule has 0 radical (unpaired) electrons. The third kappa shape index (κ3) is 3.68. The van der Waals surface area contributed by atoms with E-state index >= 15 is 0 Å². The molecule has 0 spiro atoms. The van der Waals surface area contributed by atoms with Gasteiger partial charge in [-0.15, -0.1) is 0 Å². The van der Waals surface area contributed by atoms with E-state index in [0.717, 1.165) is 59.8 Å². The molecular formula is C24H26N6O2. The molecule has 32 heavy (non-hydrogen) atoms. The fraction of sp³-hybridized carbons (Fsp3) is 0.292. The van der Waals surface area contributed by atoms with Crippen molar-refractivity contribution in [3.63, 3.8) is 0 Å². The zero-order valence-electron chi connectivity index (χ0n) is 18.2. The topological polar surface area (TPSA) is 102 Å². The van der Waals surface area contributed by atoms with Gasteiger partial charge in [0.25, 0.3) is 5.56 Å². The minimum Gasteiger partial charge on any atom is -0.370 e. The monoisotopic (exact) mass is 430 g/mol. The first-order valence-corrected chi connectivity index (χ1v) is 10.9. The Labute approximate surface area is 184 Å². The highest BCUT2D eigenvalue weighted by Gasteiger charge is 2.17. The average Bonchev–Trinajstić information content (AvgIpc) is 3.29. The molecule has 3 heterocycles. The van der Waals surface area contributed by atoms with Gasteiger partial charge in [-0.25, -0.2) is 9.48 Å². The molecule has 0 saturated carbocycles. The summed E-state index contributed by atoms with van der Waals surface area (Å²) in [5.41, 5.74) is 5.90. The number of hydrogen-bond donors (Lipinski definition) is 3. The van der Waals surface area contributed by atoms with Gasteiger partial charge in [0.1, 0.15) is 0 Å². The normalized spacial score (nSPS) is 14.6. The number of imidazole rings is 1. The number of benzene rings is 2. The van der Waals surface area contributed by atoms with E-state index in [2.05, 4.69) is 20.0 Å². The molecule has 2 aromatic heterocycles. The van der Waals surface area contributed by atoms with Gasteiger partial charge in [0.2, 0.25) is 0 Å². The van der Waals surface area contributed by atoms with E-state index in [1.807, 2.05) is 50.2 Å². The molecule has 5 rings (SSSR count). The molecule has 8 nitrogen and oxygen atoms in total. The van der Waals surface area contributed by atoms with Gasteiger partial charge in [-0.05, 0) is 62.9 Å². The van der Waals surface area contributed by atoms with Crippen molar-refractivity contribution in [3.05, 3.63) is 74.1 Å². The van der Waals surface area contributed by atoms with Crippen LogP contribution in [0.15, 0.2) is 51.0 Å². The Hall–Kier alpha value is -3.81. The fourth-order valence-corrected chi connectivity index (χ4v) is 4.35. The van der Waals surface area contributed by atoms with Crippen molar-refractivity contribution < 1.29 is 0 Å². The largest absolute Gasteiger partial charge is 0.370 e. The number of anilines is 1. The van der Waals surface area contributed by atoms with Crippen LogP contribution in [0.4, 0.5) is 11.4 Å². The van der Waals surface area contributed by atoms with Crippen molar-refractivity contribution in [1.82, 2.24) is 19.7 Å². The molecule has 1 aliphatic rings. The molecule has 0 unspecified atom stereocenters. The summed E-state index contributed by atoms with van der Waals surface area (Å²) < 4.78 is 1.54. The molecule has 0 aliphatic carbocycles. The van der Waals surface area contributed by atoms with E-state index in [0.29, 0.717) is 11.1 Å². The number of piperidine rings is 1. The highest BCUT2D eigenvalue weighted by atomic mass is 16.1. The van der Waals surface area contributed by atoms with Crippen LogP contribution >= 0.6 is 0 Å². The van der Waals surface area contributed by atoms with Gasteiger partial charge in [0.15, 0.2) is 0 Å². The van der Waals surface area contributed by atoms with E-state index in [9.17, 15) is 9.59 Å². The lowest BCUT2D eigenvalue weighted by atomic mass is 10.1. The van der Waals surface area contributed by atoms with Crippen molar-refractivity contribution in [2.75, 3.05) is 18.0 Å². The van der Waals surface area contributed by atoms with Crippen LogP contribution in [0, 0.1) is 13.8 Å². The third-order valence-corrected chi connectivity index (χ3v) is 6.02. The summed E-state index contributed by atoms with van der Waals surface area (Å²) in [5.74, 6) is 0. The van der Waals surface area contributed by atoms with E-state index in [1.54, 1.807) is 10.9 Å². The van der Waals surface area contributed by atoms with Gasteiger partial charge in [0, 0.05) is 25.0 Å². The van der Waals surface area contributed by atoms with Gasteiger partial charge in [0.05, 0.1) is 33.7 Å². The number of nitrogens with one attached hydrogen (secondary N) is 3. The third-order valence-electron chi connectivity index (χ3n) is 6.02. The van der Waals surface area contributed by atoms with E-state index in [4.69, 9.17) is 4.99 Å². The van der Waals surface area contributed by atoms with Gasteiger partial charge in [-0.1, -0.05) is 12.1 Å². The molecule has 8 heteroatoms. The van der Waals surface area contributed by atoms with Crippen LogP contribution < -0.4 is 16.1 Å². The molecule has 164 valence electrons. The Morgan fingerprint density at radius 3 is 2.47 bits per heavy atom. The number of hydrogen-bond acceptors (Lipinski definition) is 4. The van der Waals surface area contributed by atoms with Crippen LogP contribution in [0.5, 0.6) is 0 Å². The molecule has 3 N–H and O–H groups in total. The lowest BCUT2D eigenvalue weighted by Crippen LogP contribution is -2.29. The second-order valence-corrected chi connectivity index (χ2v) is 8.40. The van der Waals surface area contributed by atoms with Gasteiger partial charge >= 0.3 is 5.69 Å². The second kappa shape index (κ2) is 8.03. The van der Waals surface area contributed by atoms with E-state index in [-0.39, 0.29) is 11.2 Å². The van der Waals surface area contributed by atoms with E-state index in [1.165, 1.54) is 6.42 Å². The molecule has 1 saturated heterocycles. The Balaban J connectivity index is 1.57. The highest BCUT2D eigenvalue weighted by molar-refractivity contribution is 5.91. The minimum absolute atomic E-state index is 0.146. The quantitative estimate of drug-likeness (QED) is 0.430. The highest BCUT2D eigenvalue weighted by Crippen LogP contribution is 2.33. The molecule has 4 aromatic rings. The summed E-state index contributed by atoms with van der Waals surface area (Å²) in [6.07, 6.45) is 5.10. The summed E-state index contributed by atoms with van der Waals surface area (Å²) in [6.45, 7) is 5.77. The van der Waals surface area contributed by atoms with Crippen LogP contribution in [-0.4, -0.2) is 39.1 Å². The number of rotatable bonds is 4. The zero-order chi connectivity index (χ0) is 22.2. The molecule has 0 atom stereocenters. The Morgan fingerprint density at radius 2 is 1.72 bits per heavy atom. The number of H-pyrrole nitrogens is 3.